The van der Waals surface area contributed by atoms with Crippen molar-refractivity contribution in [3.8, 4) is 22.3 Å². The molecule has 6 aromatic carbocycles. The number of furan rings is 1. The minimum atomic E-state index is 0.0539. The van der Waals surface area contributed by atoms with Crippen LogP contribution >= 0.6 is 0 Å². The Bertz CT molecular complexity index is 2370. The van der Waals surface area contributed by atoms with E-state index in [1.165, 1.54) is 50.5 Å². The molecule has 0 fully saturated rings. The minimum absolute atomic E-state index is 0.0539. The minimum Gasteiger partial charge on any atom is -0.456 e. The maximum atomic E-state index is 6.38. The Morgan fingerprint density at radius 3 is 2.02 bits per heavy atom. The molecule has 3 nitrogen and oxygen atoms in total. The molecule has 2 aliphatic heterocycles. The first-order valence-corrected chi connectivity index (χ1v) is 15.5. The van der Waals surface area contributed by atoms with Gasteiger partial charge in [0.25, 0.3) is 0 Å². The molecule has 1 aromatic heterocycles. The first kappa shape index (κ1) is 24.5. The van der Waals surface area contributed by atoms with E-state index < -0.39 is 0 Å². The molecule has 0 amide bonds. The van der Waals surface area contributed by atoms with Crippen LogP contribution in [0.4, 0.5) is 22.7 Å². The van der Waals surface area contributed by atoms with Gasteiger partial charge in [-0.05, 0) is 52.1 Å². The Morgan fingerprint density at radius 1 is 0.556 bits per heavy atom. The molecule has 1 aliphatic carbocycles. The van der Waals surface area contributed by atoms with Crippen LogP contribution in [0.3, 0.4) is 0 Å². The highest BCUT2D eigenvalue weighted by atomic mass is 16.3. The first-order valence-electron chi connectivity index (χ1n) is 15.5. The second-order valence-electron chi connectivity index (χ2n) is 12.0. The van der Waals surface area contributed by atoms with Crippen molar-refractivity contribution in [2.45, 2.75) is 6.04 Å². The first-order chi connectivity index (χ1) is 22.3. The molecule has 7 aromatic rings. The average Bonchev–Trinajstić information content (AvgIpc) is 3.64. The van der Waals surface area contributed by atoms with Gasteiger partial charge in [-0.15, -0.1) is 0 Å². The Balaban J connectivity index is 1.24. The normalized spacial score (nSPS) is 16.1. The zero-order valence-electron chi connectivity index (χ0n) is 24.4. The lowest BCUT2D eigenvalue weighted by Crippen LogP contribution is -2.43. The number of hydrogen-bond acceptors (Lipinski definition) is 2. The molecule has 1 unspecified atom stereocenters. The molecule has 0 radical (unpaired) electrons. The molecular formula is C42H27N2O+. The van der Waals surface area contributed by atoms with Gasteiger partial charge in [-0.25, -0.2) is 0 Å². The standard InChI is InChI=1S/C42H27N2O/c1-3-12-27(13-4-1)29-22-30(28-14-5-2-6-15-28)24-31(23-29)43-36-18-8-9-19-37(36)44-39-26-41-35(32-16-7-10-21-40(32)45-41)25-34(39)33-17-11-20-38(43)42(33)44/h1-26,42H/q+1. The molecule has 210 valence electrons. The highest BCUT2D eigenvalue weighted by molar-refractivity contribution is 6.22. The lowest BCUT2D eigenvalue weighted by atomic mass is 9.91. The van der Waals surface area contributed by atoms with Gasteiger partial charge >= 0.3 is 0 Å². The average molecular weight is 576 g/mol. The lowest BCUT2D eigenvalue weighted by Gasteiger charge is -2.32. The van der Waals surface area contributed by atoms with Crippen molar-refractivity contribution in [2.75, 3.05) is 4.90 Å². The molecule has 0 spiro atoms. The summed E-state index contributed by atoms with van der Waals surface area (Å²) in [5, 5.41) is 2.32. The molecule has 0 bridgehead atoms. The van der Waals surface area contributed by atoms with E-state index >= 15 is 0 Å². The number of benzene rings is 6. The summed E-state index contributed by atoms with van der Waals surface area (Å²) in [6, 6.07) is 50.2. The van der Waals surface area contributed by atoms with Crippen LogP contribution in [-0.4, -0.2) is 11.8 Å². The third-order valence-corrected chi connectivity index (χ3v) is 9.47. The smallest absolute Gasteiger partial charge is 0.235 e. The topological polar surface area (TPSA) is 19.4 Å². The van der Waals surface area contributed by atoms with Gasteiger partial charge in [-0.2, -0.15) is 4.58 Å². The Morgan fingerprint density at radius 2 is 1.24 bits per heavy atom. The van der Waals surface area contributed by atoms with E-state index in [9.17, 15) is 0 Å². The molecule has 0 saturated carbocycles. The number of nitrogens with zero attached hydrogens (tertiary/aromatic N) is 2. The second-order valence-corrected chi connectivity index (χ2v) is 12.0. The number of allylic oxidation sites excluding steroid dienone is 2. The highest BCUT2D eigenvalue weighted by Gasteiger charge is 2.48. The molecule has 1 atom stereocenters. The maximum absolute atomic E-state index is 6.38. The largest absolute Gasteiger partial charge is 0.456 e. The molecule has 45 heavy (non-hydrogen) atoms. The van der Waals surface area contributed by atoms with Gasteiger partial charge in [0.15, 0.2) is 0 Å². The van der Waals surface area contributed by atoms with Gasteiger partial charge < -0.3 is 9.32 Å². The van der Waals surface area contributed by atoms with E-state index in [0.717, 1.165) is 33.3 Å². The van der Waals surface area contributed by atoms with Gasteiger partial charge in [-0.1, -0.05) is 103 Å². The number of hydrogen-bond donors (Lipinski definition) is 0. The summed E-state index contributed by atoms with van der Waals surface area (Å²) in [6.45, 7) is 0. The zero-order chi connectivity index (χ0) is 29.5. The third-order valence-electron chi connectivity index (χ3n) is 9.47. The van der Waals surface area contributed by atoms with E-state index in [2.05, 4.69) is 161 Å². The van der Waals surface area contributed by atoms with Crippen LogP contribution in [0.2, 0.25) is 0 Å². The fourth-order valence-corrected chi connectivity index (χ4v) is 7.52. The van der Waals surface area contributed by atoms with Crippen molar-refractivity contribution in [1.29, 1.82) is 0 Å². The van der Waals surface area contributed by atoms with Crippen molar-refractivity contribution in [3.63, 3.8) is 0 Å². The fraction of sp³-hybridized carbons (Fsp3) is 0.0238. The monoisotopic (exact) mass is 575 g/mol. The lowest BCUT2D eigenvalue weighted by molar-refractivity contribution is 0.669. The predicted octanol–water partition coefficient (Wildman–Crippen LogP) is 10.7. The molecule has 0 saturated heterocycles. The maximum Gasteiger partial charge on any atom is 0.235 e. The van der Waals surface area contributed by atoms with E-state index in [1.54, 1.807) is 0 Å². The van der Waals surface area contributed by atoms with E-state index in [4.69, 9.17) is 4.42 Å². The van der Waals surface area contributed by atoms with Crippen LogP contribution in [0.1, 0.15) is 5.56 Å². The van der Waals surface area contributed by atoms with Crippen LogP contribution < -0.4 is 9.48 Å². The SMILES string of the molecule is C1=CC2=[N+](c3cc(-c4ccccc4)cc(-c4ccccc4)c3)c3ccccc3N3c4cc5oc6ccccc6c5cc4C(=C1)C23. The van der Waals surface area contributed by atoms with Crippen molar-refractivity contribution in [1.82, 2.24) is 4.58 Å². The van der Waals surface area contributed by atoms with E-state index in [0.29, 0.717) is 0 Å². The predicted molar refractivity (Wildman–Crippen MR) is 187 cm³/mol. The molecule has 3 heterocycles. The molecular weight excluding hydrogens is 548 g/mol. The summed E-state index contributed by atoms with van der Waals surface area (Å²) in [5.74, 6) is 0. The van der Waals surface area contributed by atoms with E-state index in [1.807, 2.05) is 6.07 Å². The Hall–Kier alpha value is -5.93. The van der Waals surface area contributed by atoms with Gasteiger partial charge in [0.1, 0.15) is 22.9 Å². The van der Waals surface area contributed by atoms with Crippen LogP contribution in [0.25, 0.3) is 49.8 Å². The van der Waals surface area contributed by atoms with Crippen molar-refractivity contribution < 1.29 is 4.42 Å². The highest BCUT2D eigenvalue weighted by Crippen LogP contribution is 2.54. The summed E-state index contributed by atoms with van der Waals surface area (Å²) in [4.78, 5) is 2.51. The summed E-state index contributed by atoms with van der Waals surface area (Å²) in [7, 11) is 0. The fourth-order valence-electron chi connectivity index (χ4n) is 7.52. The summed E-state index contributed by atoms with van der Waals surface area (Å²) in [6.07, 6.45) is 6.80. The summed E-state index contributed by atoms with van der Waals surface area (Å²) < 4.78 is 8.86. The van der Waals surface area contributed by atoms with E-state index in [-0.39, 0.29) is 6.04 Å². The van der Waals surface area contributed by atoms with Crippen LogP contribution in [0.5, 0.6) is 0 Å². The molecule has 0 N–H and O–H groups in total. The van der Waals surface area contributed by atoms with Crippen LogP contribution in [0, 0.1) is 0 Å². The van der Waals surface area contributed by atoms with Gasteiger partial charge in [0, 0.05) is 46.7 Å². The van der Waals surface area contributed by atoms with Gasteiger partial charge in [0.2, 0.25) is 17.1 Å². The Kier molecular flexibility index (Phi) is 5.06. The number of anilines is 2. The zero-order valence-corrected chi connectivity index (χ0v) is 24.4. The number of rotatable bonds is 3. The Labute approximate surface area is 260 Å². The van der Waals surface area contributed by atoms with Gasteiger partial charge in [0.05, 0.1) is 5.69 Å². The van der Waals surface area contributed by atoms with Crippen molar-refractivity contribution >= 4 is 56.0 Å². The number of para-hydroxylation sites is 3. The molecule has 3 aliphatic rings. The number of fused-ring (bicyclic) bond motifs is 8. The summed E-state index contributed by atoms with van der Waals surface area (Å²) in [5.41, 5.74) is 15.2. The second kappa shape index (κ2) is 9.28. The van der Waals surface area contributed by atoms with Crippen molar-refractivity contribution in [2.24, 2.45) is 0 Å². The van der Waals surface area contributed by atoms with Gasteiger partial charge in [-0.3, -0.25) is 0 Å². The molecule has 10 rings (SSSR count). The summed E-state index contributed by atoms with van der Waals surface area (Å²) >= 11 is 0. The van der Waals surface area contributed by atoms with Crippen molar-refractivity contribution in [3.05, 3.63) is 163 Å². The quantitative estimate of drug-likeness (QED) is 0.195. The molecule has 3 heteroatoms. The third kappa shape index (κ3) is 3.55. The van der Waals surface area contributed by atoms with Crippen LogP contribution in [-0.2, 0) is 0 Å². The van der Waals surface area contributed by atoms with Crippen LogP contribution in [0.15, 0.2) is 162 Å².